The number of carbonyl (C=O) groups is 1. The van der Waals surface area contributed by atoms with E-state index in [0.717, 1.165) is 10.8 Å². The second kappa shape index (κ2) is 5.08. The predicted octanol–water partition coefficient (Wildman–Crippen LogP) is 1.45. The van der Waals surface area contributed by atoms with Gasteiger partial charge in [-0.2, -0.15) is 0 Å². The zero-order chi connectivity index (χ0) is 6.41. The van der Waals surface area contributed by atoms with Gasteiger partial charge in [0.25, 0.3) is 0 Å². The molecule has 0 saturated carbocycles. The summed E-state index contributed by atoms with van der Waals surface area (Å²) < 4.78 is 0.974. The minimum absolute atomic E-state index is 0.840. The fourth-order valence-electron chi connectivity index (χ4n) is 0.247. The molecule has 0 aliphatic heterocycles. The van der Waals surface area contributed by atoms with E-state index in [9.17, 15) is 4.79 Å². The van der Waals surface area contributed by atoms with Gasteiger partial charge in [0.15, 0.2) is 0 Å². The Labute approximate surface area is 61.7 Å². The minimum atomic E-state index is -0.866. The summed E-state index contributed by atoms with van der Waals surface area (Å²) in [5, 5.41) is 8.05. The van der Waals surface area contributed by atoms with E-state index in [2.05, 4.69) is 22.6 Å². The van der Waals surface area contributed by atoms with Gasteiger partial charge in [-0.25, -0.2) is 4.79 Å². The van der Waals surface area contributed by atoms with Gasteiger partial charge < -0.3 is 5.11 Å². The van der Waals surface area contributed by atoms with Crippen molar-refractivity contribution in [2.45, 2.75) is 6.42 Å². The van der Waals surface area contributed by atoms with Crippen molar-refractivity contribution in [1.82, 2.24) is 0 Å². The van der Waals surface area contributed by atoms with Crippen LogP contribution in [0.3, 0.4) is 0 Å². The Hall–Kier alpha value is -0.0600. The molecule has 8 heavy (non-hydrogen) atoms. The van der Waals surface area contributed by atoms with Crippen molar-refractivity contribution in [3.63, 3.8) is 0 Å². The lowest BCUT2D eigenvalue weighted by Gasteiger charge is -1.78. The van der Waals surface area contributed by atoms with Crippen molar-refractivity contribution in [3.05, 3.63) is 12.2 Å². The van der Waals surface area contributed by atoms with Gasteiger partial charge in [-0.3, -0.25) is 0 Å². The Bertz CT molecular complexity index is 98.6. The van der Waals surface area contributed by atoms with Gasteiger partial charge >= 0.3 is 5.97 Å². The number of hydrogen-bond acceptors (Lipinski definition) is 1. The molecule has 2 nitrogen and oxygen atoms in total. The number of carboxylic acids is 1. The molecular weight excluding hydrogens is 219 g/mol. The SMILES string of the molecule is O=C(O)/C=C\CCI. The second-order valence-corrected chi connectivity index (χ2v) is 2.30. The van der Waals surface area contributed by atoms with Crippen LogP contribution in [0.1, 0.15) is 6.42 Å². The maximum atomic E-state index is 9.78. The third-order valence-corrected chi connectivity index (χ3v) is 1.16. The molecule has 3 heteroatoms. The first kappa shape index (κ1) is 7.94. The zero-order valence-corrected chi connectivity index (χ0v) is 6.46. The van der Waals surface area contributed by atoms with Crippen LogP contribution in [0.15, 0.2) is 12.2 Å². The molecule has 0 unspecified atom stereocenters. The summed E-state index contributed by atoms with van der Waals surface area (Å²) in [4.78, 5) is 9.78. The number of aliphatic carboxylic acids is 1. The minimum Gasteiger partial charge on any atom is -0.478 e. The van der Waals surface area contributed by atoms with Crippen molar-refractivity contribution in [3.8, 4) is 0 Å². The van der Waals surface area contributed by atoms with Crippen LogP contribution < -0.4 is 0 Å². The van der Waals surface area contributed by atoms with Crippen molar-refractivity contribution < 1.29 is 9.90 Å². The van der Waals surface area contributed by atoms with Gasteiger partial charge in [0.1, 0.15) is 0 Å². The van der Waals surface area contributed by atoms with Crippen LogP contribution in [0.2, 0.25) is 0 Å². The molecule has 0 amide bonds. The highest BCUT2D eigenvalue weighted by Gasteiger charge is 1.81. The first-order chi connectivity index (χ1) is 3.77. The highest BCUT2D eigenvalue weighted by Crippen LogP contribution is 1.88. The number of halogens is 1. The molecule has 0 radical (unpaired) electrons. The van der Waals surface area contributed by atoms with Crippen LogP contribution in [0.5, 0.6) is 0 Å². The van der Waals surface area contributed by atoms with Crippen LogP contribution in [0.25, 0.3) is 0 Å². The lowest BCUT2D eigenvalue weighted by atomic mass is 10.4. The number of alkyl halides is 1. The number of carboxylic acid groups (broad SMARTS) is 1. The standard InChI is InChI=1S/C5H7IO2/c6-4-2-1-3-5(7)8/h1,3H,2,4H2,(H,7,8)/b3-1-. The Morgan fingerprint density at radius 2 is 2.38 bits per heavy atom. The molecule has 0 aliphatic rings. The van der Waals surface area contributed by atoms with E-state index >= 15 is 0 Å². The van der Waals surface area contributed by atoms with Crippen molar-refractivity contribution >= 4 is 28.6 Å². The fraction of sp³-hybridized carbons (Fsp3) is 0.400. The lowest BCUT2D eigenvalue weighted by molar-refractivity contribution is -0.131. The van der Waals surface area contributed by atoms with E-state index in [-0.39, 0.29) is 0 Å². The van der Waals surface area contributed by atoms with E-state index in [4.69, 9.17) is 5.11 Å². The summed E-state index contributed by atoms with van der Waals surface area (Å²) in [7, 11) is 0. The Morgan fingerprint density at radius 3 is 2.75 bits per heavy atom. The molecule has 0 rings (SSSR count). The molecule has 1 N–H and O–H groups in total. The highest BCUT2D eigenvalue weighted by molar-refractivity contribution is 14.1. The second-order valence-electron chi connectivity index (χ2n) is 1.22. The van der Waals surface area contributed by atoms with E-state index in [1.807, 2.05) is 0 Å². The summed E-state index contributed by atoms with van der Waals surface area (Å²) in [6.07, 6.45) is 3.65. The molecule has 0 atom stereocenters. The normalized spacial score (nSPS) is 10.1. The van der Waals surface area contributed by atoms with Crippen LogP contribution in [0, 0.1) is 0 Å². The summed E-state index contributed by atoms with van der Waals surface area (Å²) in [6, 6.07) is 0. The summed E-state index contributed by atoms with van der Waals surface area (Å²) >= 11 is 2.19. The number of allylic oxidation sites excluding steroid dienone is 1. The fourth-order valence-corrected chi connectivity index (χ4v) is 0.607. The molecule has 46 valence electrons. The van der Waals surface area contributed by atoms with Gasteiger partial charge in [0.2, 0.25) is 0 Å². The van der Waals surface area contributed by atoms with Gasteiger partial charge in [-0.05, 0) is 6.42 Å². The van der Waals surface area contributed by atoms with Crippen molar-refractivity contribution in [2.75, 3.05) is 4.43 Å². The molecule has 0 aromatic heterocycles. The average molecular weight is 226 g/mol. The summed E-state index contributed by atoms with van der Waals surface area (Å²) in [6.45, 7) is 0. The van der Waals surface area contributed by atoms with Crippen molar-refractivity contribution in [2.24, 2.45) is 0 Å². The molecule has 0 bridgehead atoms. The molecule has 0 aromatic rings. The topological polar surface area (TPSA) is 37.3 Å². The maximum absolute atomic E-state index is 9.78. The van der Waals surface area contributed by atoms with Gasteiger partial charge in [-0.1, -0.05) is 28.7 Å². The third kappa shape index (κ3) is 5.94. The Kier molecular flexibility index (Phi) is 5.05. The average Bonchev–Trinajstić information content (AvgIpc) is 1.66. The Morgan fingerprint density at radius 1 is 1.75 bits per heavy atom. The van der Waals surface area contributed by atoms with Crippen LogP contribution >= 0.6 is 22.6 Å². The highest BCUT2D eigenvalue weighted by atomic mass is 127. The van der Waals surface area contributed by atoms with E-state index in [1.54, 1.807) is 6.08 Å². The monoisotopic (exact) mass is 226 g/mol. The molecule has 0 aliphatic carbocycles. The maximum Gasteiger partial charge on any atom is 0.327 e. The quantitative estimate of drug-likeness (QED) is 0.449. The molecule has 0 aromatic carbocycles. The van der Waals surface area contributed by atoms with Crippen LogP contribution in [-0.2, 0) is 4.79 Å². The lowest BCUT2D eigenvalue weighted by Crippen LogP contribution is -1.85. The van der Waals surface area contributed by atoms with Gasteiger partial charge in [-0.15, -0.1) is 0 Å². The molecule has 0 spiro atoms. The largest absolute Gasteiger partial charge is 0.478 e. The summed E-state index contributed by atoms with van der Waals surface area (Å²) in [5.41, 5.74) is 0. The zero-order valence-electron chi connectivity index (χ0n) is 4.30. The van der Waals surface area contributed by atoms with Gasteiger partial charge in [0, 0.05) is 10.5 Å². The molecule has 0 heterocycles. The van der Waals surface area contributed by atoms with E-state index < -0.39 is 5.97 Å². The first-order valence-electron chi connectivity index (χ1n) is 2.23. The Balaban J connectivity index is 3.20. The molecule has 0 fully saturated rings. The summed E-state index contributed by atoms with van der Waals surface area (Å²) in [5.74, 6) is -0.866. The first-order valence-corrected chi connectivity index (χ1v) is 3.75. The third-order valence-electron chi connectivity index (χ3n) is 0.536. The molecule has 0 saturated heterocycles. The smallest absolute Gasteiger partial charge is 0.327 e. The molecular formula is C5H7IO2. The van der Waals surface area contributed by atoms with Crippen molar-refractivity contribution in [1.29, 1.82) is 0 Å². The van der Waals surface area contributed by atoms with Gasteiger partial charge in [0.05, 0.1) is 0 Å². The van der Waals surface area contributed by atoms with E-state index in [1.165, 1.54) is 6.08 Å². The predicted molar refractivity (Wildman–Crippen MR) is 40.3 cm³/mol. The van der Waals surface area contributed by atoms with Crippen LogP contribution in [0.4, 0.5) is 0 Å². The number of rotatable bonds is 3. The van der Waals surface area contributed by atoms with E-state index in [0.29, 0.717) is 0 Å². The number of hydrogen-bond donors (Lipinski definition) is 1. The van der Waals surface area contributed by atoms with Crippen LogP contribution in [-0.4, -0.2) is 15.5 Å².